The Balaban J connectivity index is 2.00. The molecule has 12 nitrogen and oxygen atoms in total. The number of benzene rings is 2. The molecule has 0 aliphatic carbocycles. The van der Waals surface area contributed by atoms with E-state index in [1.165, 1.54) is 24.3 Å². The molecule has 0 saturated heterocycles. The van der Waals surface area contributed by atoms with Gasteiger partial charge in [-0.3, -0.25) is 31.1 Å². The minimum absolute atomic E-state index is 0.136. The normalized spacial score (nSPS) is 9.89. The molecule has 2 aromatic rings. The molecule has 0 aromatic heterocycles. The molecule has 0 unspecified atom stereocenters. The summed E-state index contributed by atoms with van der Waals surface area (Å²) in [6.07, 6.45) is 0. The Morgan fingerprint density at radius 2 is 1.71 bits per heavy atom. The predicted molar refractivity (Wildman–Crippen MR) is 97.9 cm³/mol. The number of esters is 1. The zero-order valence-corrected chi connectivity index (χ0v) is 14.5. The van der Waals surface area contributed by atoms with E-state index in [1.807, 2.05) is 0 Å². The Bertz CT molecular complexity index is 914. The number of carbonyl (C=O) groups excluding carboxylic acids is 2. The standard InChI is InChI=1S/C16H15N5O7/c1-2-28-15(22)10-3-5-11(6-4-10)17-16(23)19-18-13-8-7-12(20(24)25)9-14(13)21(26)27/h3-9,18H,2H2,1H3,(H2,17,19,23). The average molecular weight is 389 g/mol. The fourth-order valence-electron chi connectivity index (χ4n) is 2.08. The molecule has 2 aromatic carbocycles. The van der Waals surface area contributed by atoms with Gasteiger partial charge in [0.2, 0.25) is 0 Å². The number of hydrogen-bond donors (Lipinski definition) is 3. The highest BCUT2D eigenvalue weighted by Crippen LogP contribution is 2.28. The van der Waals surface area contributed by atoms with Gasteiger partial charge < -0.3 is 10.1 Å². The van der Waals surface area contributed by atoms with Gasteiger partial charge in [-0.05, 0) is 37.3 Å². The second-order valence-corrected chi connectivity index (χ2v) is 5.22. The van der Waals surface area contributed by atoms with Crippen molar-refractivity contribution < 1.29 is 24.2 Å². The minimum Gasteiger partial charge on any atom is -0.462 e. The summed E-state index contributed by atoms with van der Waals surface area (Å²) >= 11 is 0. The zero-order valence-electron chi connectivity index (χ0n) is 14.5. The van der Waals surface area contributed by atoms with E-state index in [4.69, 9.17) is 4.74 Å². The van der Waals surface area contributed by atoms with Gasteiger partial charge in [0.05, 0.1) is 28.1 Å². The highest BCUT2D eigenvalue weighted by atomic mass is 16.6. The summed E-state index contributed by atoms with van der Waals surface area (Å²) in [5.41, 5.74) is 4.01. The minimum atomic E-state index is -0.816. The number of nitro benzene ring substituents is 2. The molecule has 2 amide bonds. The van der Waals surface area contributed by atoms with Gasteiger partial charge in [0.25, 0.3) is 5.69 Å². The van der Waals surface area contributed by atoms with Crippen LogP contribution in [0.25, 0.3) is 0 Å². The van der Waals surface area contributed by atoms with Crippen molar-refractivity contribution in [2.24, 2.45) is 0 Å². The number of hydrogen-bond acceptors (Lipinski definition) is 8. The van der Waals surface area contributed by atoms with E-state index in [0.717, 1.165) is 18.2 Å². The number of rotatable bonds is 7. The summed E-state index contributed by atoms with van der Waals surface area (Å²) in [4.78, 5) is 43.6. The SMILES string of the molecule is CCOC(=O)c1ccc(NC(=O)NNc2ccc([N+](=O)[O-])cc2[N+](=O)[O-])cc1. The zero-order chi connectivity index (χ0) is 20.7. The van der Waals surface area contributed by atoms with Crippen LogP contribution in [0.1, 0.15) is 17.3 Å². The van der Waals surface area contributed by atoms with Crippen molar-refractivity contribution in [2.75, 3.05) is 17.3 Å². The number of nitro groups is 2. The number of amides is 2. The summed E-state index contributed by atoms with van der Waals surface area (Å²) < 4.78 is 4.84. The molecule has 0 spiro atoms. The van der Waals surface area contributed by atoms with Crippen LogP contribution in [0.3, 0.4) is 0 Å². The molecular formula is C16H15N5O7. The highest BCUT2D eigenvalue weighted by Gasteiger charge is 2.19. The quantitative estimate of drug-likeness (QED) is 0.369. The first kappa shape index (κ1) is 20.1. The van der Waals surface area contributed by atoms with Crippen molar-refractivity contribution in [1.82, 2.24) is 5.43 Å². The van der Waals surface area contributed by atoms with E-state index in [1.54, 1.807) is 6.92 Å². The molecule has 146 valence electrons. The van der Waals surface area contributed by atoms with Gasteiger partial charge in [-0.2, -0.15) is 0 Å². The third-order valence-corrected chi connectivity index (χ3v) is 3.35. The Kier molecular flexibility index (Phi) is 6.41. The van der Waals surface area contributed by atoms with Crippen LogP contribution < -0.4 is 16.2 Å². The van der Waals surface area contributed by atoms with Gasteiger partial charge in [0, 0.05) is 11.8 Å². The van der Waals surface area contributed by atoms with Gasteiger partial charge in [-0.1, -0.05) is 0 Å². The maximum absolute atomic E-state index is 11.9. The van der Waals surface area contributed by atoms with Crippen LogP contribution >= 0.6 is 0 Å². The maximum atomic E-state index is 11.9. The van der Waals surface area contributed by atoms with E-state index < -0.39 is 33.2 Å². The van der Waals surface area contributed by atoms with Crippen LogP contribution in [-0.2, 0) is 4.74 Å². The Hall–Kier alpha value is -4.22. The molecule has 0 radical (unpaired) electrons. The van der Waals surface area contributed by atoms with Gasteiger partial charge in [0.1, 0.15) is 5.69 Å². The summed E-state index contributed by atoms with van der Waals surface area (Å²) in [5, 5.41) is 24.2. The predicted octanol–water partition coefficient (Wildman–Crippen LogP) is 2.83. The van der Waals surface area contributed by atoms with Crippen LogP contribution in [0.2, 0.25) is 0 Å². The molecule has 12 heteroatoms. The lowest BCUT2D eigenvalue weighted by Crippen LogP contribution is -2.33. The summed E-state index contributed by atoms with van der Waals surface area (Å²) in [6, 6.07) is 8.05. The lowest BCUT2D eigenvalue weighted by Gasteiger charge is -2.10. The van der Waals surface area contributed by atoms with Gasteiger partial charge >= 0.3 is 17.7 Å². The first-order valence-electron chi connectivity index (χ1n) is 7.85. The van der Waals surface area contributed by atoms with Gasteiger partial charge in [-0.25, -0.2) is 9.59 Å². The Morgan fingerprint density at radius 3 is 2.29 bits per heavy atom. The van der Waals surface area contributed by atoms with Crippen LogP contribution in [0.4, 0.5) is 27.5 Å². The average Bonchev–Trinajstić information content (AvgIpc) is 2.66. The fourth-order valence-corrected chi connectivity index (χ4v) is 2.08. The van der Waals surface area contributed by atoms with Crippen LogP contribution in [0.5, 0.6) is 0 Å². The van der Waals surface area contributed by atoms with Crippen molar-refractivity contribution in [2.45, 2.75) is 6.92 Å². The maximum Gasteiger partial charge on any atom is 0.338 e. The molecular weight excluding hydrogens is 374 g/mol. The van der Waals surface area contributed by atoms with E-state index in [2.05, 4.69) is 16.2 Å². The third kappa shape index (κ3) is 5.14. The number of anilines is 2. The molecule has 0 atom stereocenters. The van der Waals surface area contributed by atoms with Crippen molar-refractivity contribution in [3.8, 4) is 0 Å². The van der Waals surface area contributed by atoms with Crippen molar-refractivity contribution >= 4 is 34.7 Å². The van der Waals surface area contributed by atoms with Crippen molar-refractivity contribution in [3.05, 3.63) is 68.3 Å². The first-order valence-corrected chi connectivity index (χ1v) is 7.85. The molecule has 0 bridgehead atoms. The monoisotopic (exact) mass is 389 g/mol. The van der Waals surface area contributed by atoms with Crippen molar-refractivity contribution in [3.63, 3.8) is 0 Å². The molecule has 0 saturated carbocycles. The van der Waals surface area contributed by atoms with E-state index in [0.29, 0.717) is 11.3 Å². The smallest absolute Gasteiger partial charge is 0.338 e. The number of ether oxygens (including phenoxy) is 1. The Morgan fingerprint density at radius 1 is 1.04 bits per heavy atom. The number of nitrogens with zero attached hydrogens (tertiary/aromatic N) is 2. The third-order valence-electron chi connectivity index (χ3n) is 3.35. The number of hydrazine groups is 1. The van der Waals surface area contributed by atoms with E-state index in [-0.39, 0.29) is 12.3 Å². The molecule has 0 aliphatic rings. The van der Waals surface area contributed by atoms with Gasteiger partial charge in [0.15, 0.2) is 0 Å². The summed E-state index contributed by atoms with van der Waals surface area (Å²) in [7, 11) is 0. The number of urea groups is 1. The van der Waals surface area contributed by atoms with Crippen LogP contribution in [0, 0.1) is 20.2 Å². The van der Waals surface area contributed by atoms with E-state index >= 15 is 0 Å². The number of carbonyl (C=O) groups is 2. The molecule has 28 heavy (non-hydrogen) atoms. The summed E-state index contributed by atoms with van der Waals surface area (Å²) in [5.74, 6) is -0.495. The molecule has 0 fully saturated rings. The van der Waals surface area contributed by atoms with Crippen molar-refractivity contribution in [1.29, 1.82) is 0 Å². The molecule has 3 N–H and O–H groups in total. The van der Waals surface area contributed by atoms with E-state index in [9.17, 15) is 29.8 Å². The molecule has 0 heterocycles. The fraction of sp³-hybridized carbons (Fsp3) is 0.125. The second-order valence-electron chi connectivity index (χ2n) is 5.22. The second kappa shape index (κ2) is 8.93. The number of non-ortho nitro benzene ring substituents is 1. The lowest BCUT2D eigenvalue weighted by atomic mass is 10.2. The number of nitrogens with one attached hydrogen (secondary N) is 3. The van der Waals surface area contributed by atoms with Crippen LogP contribution in [-0.4, -0.2) is 28.5 Å². The topological polar surface area (TPSA) is 166 Å². The molecule has 2 rings (SSSR count). The largest absolute Gasteiger partial charge is 0.462 e. The summed E-state index contributed by atoms with van der Waals surface area (Å²) in [6.45, 7) is 1.92. The highest BCUT2D eigenvalue weighted by molar-refractivity contribution is 5.92. The Labute approximate surface area is 157 Å². The molecule has 0 aliphatic heterocycles. The van der Waals surface area contributed by atoms with Gasteiger partial charge in [-0.15, -0.1) is 0 Å². The lowest BCUT2D eigenvalue weighted by molar-refractivity contribution is -0.393. The first-order chi connectivity index (χ1) is 13.3. The van der Waals surface area contributed by atoms with Crippen LogP contribution in [0.15, 0.2) is 42.5 Å².